The van der Waals surface area contributed by atoms with E-state index in [1.165, 1.54) is 0 Å². The van der Waals surface area contributed by atoms with E-state index in [4.69, 9.17) is 16.0 Å². The summed E-state index contributed by atoms with van der Waals surface area (Å²) < 4.78 is 6.16. The third-order valence-corrected chi connectivity index (χ3v) is 7.92. The zero-order chi connectivity index (χ0) is 12.4. The molecular weight excluding hydrogens is 236 g/mol. The van der Waals surface area contributed by atoms with Crippen molar-refractivity contribution in [3.8, 4) is 5.75 Å². The van der Waals surface area contributed by atoms with E-state index >= 15 is 0 Å². The van der Waals surface area contributed by atoms with Crippen molar-refractivity contribution >= 4 is 19.9 Å². The van der Waals surface area contributed by atoms with Crippen LogP contribution in [0.2, 0.25) is 18.1 Å². The van der Waals surface area contributed by atoms with Gasteiger partial charge in [-0.05, 0) is 17.7 Å². The monoisotopic (exact) mass is 256 g/mol. The molecule has 0 aliphatic heterocycles. The van der Waals surface area contributed by atoms with Crippen molar-refractivity contribution in [2.45, 2.75) is 44.8 Å². The molecule has 0 fully saturated rings. The van der Waals surface area contributed by atoms with Crippen LogP contribution in [0, 0.1) is 0 Å². The van der Waals surface area contributed by atoms with E-state index in [1.807, 2.05) is 24.3 Å². The van der Waals surface area contributed by atoms with Gasteiger partial charge in [-0.25, -0.2) is 0 Å². The molecule has 3 heteroatoms. The largest absolute Gasteiger partial charge is 0.689 e. The molecule has 0 unspecified atom stereocenters. The van der Waals surface area contributed by atoms with Gasteiger partial charge < -0.3 is 4.43 Å². The molecule has 1 aromatic rings. The first-order valence-electron chi connectivity index (χ1n) is 5.60. The second kappa shape index (κ2) is 4.80. The molecule has 0 spiro atoms. The van der Waals surface area contributed by atoms with Crippen LogP contribution in [0.15, 0.2) is 24.3 Å². The van der Waals surface area contributed by atoms with Crippen LogP contribution >= 0.6 is 11.6 Å². The minimum atomic E-state index is -1.71. The predicted molar refractivity (Wildman–Crippen MR) is 73.8 cm³/mol. The molecule has 1 rings (SSSR count). The third kappa shape index (κ3) is 3.26. The first-order chi connectivity index (χ1) is 7.26. The number of hydrogen-bond acceptors (Lipinski definition) is 1. The second-order valence-electron chi connectivity index (χ2n) is 5.64. The average molecular weight is 257 g/mol. The SMILES string of the molecule is CC(C)(C)[Si-](C)(C)Oc1ccc(CCl)cc1. The topological polar surface area (TPSA) is 9.23 Å². The van der Waals surface area contributed by atoms with Crippen molar-refractivity contribution in [3.63, 3.8) is 0 Å². The quantitative estimate of drug-likeness (QED) is 0.557. The second-order valence-corrected chi connectivity index (χ2v) is 10.6. The standard InChI is InChI=1S/C13H21ClOSi/c1-13(2,3)16(4,5)15-12-8-6-11(10-14)7-9-12/h6-9H,10H2,1-5H3/q-1. The molecule has 0 amide bonds. The van der Waals surface area contributed by atoms with Gasteiger partial charge in [0.25, 0.3) is 0 Å². The van der Waals surface area contributed by atoms with Crippen molar-refractivity contribution in [3.05, 3.63) is 29.8 Å². The lowest BCUT2D eigenvalue weighted by atomic mass is 10.2. The molecule has 1 aromatic carbocycles. The molecule has 0 saturated carbocycles. The van der Waals surface area contributed by atoms with E-state index in [-0.39, 0.29) is 5.04 Å². The molecule has 0 aliphatic carbocycles. The normalized spacial score (nSPS) is 12.6. The molecule has 0 aliphatic rings. The Morgan fingerprint density at radius 2 is 1.62 bits per heavy atom. The van der Waals surface area contributed by atoms with E-state index in [0.29, 0.717) is 5.88 Å². The summed E-state index contributed by atoms with van der Waals surface area (Å²) in [7, 11) is -1.71. The van der Waals surface area contributed by atoms with Crippen LogP contribution in [-0.2, 0) is 5.88 Å². The Morgan fingerprint density at radius 3 is 2.00 bits per heavy atom. The first kappa shape index (κ1) is 13.6. The van der Waals surface area contributed by atoms with Gasteiger partial charge in [-0.3, -0.25) is 0 Å². The summed E-state index contributed by atoms with van der Waals surface area (Å²) >= 11 is 5.75. The van der Waals surface area contributed by atoms with Crippen molar-refractivity contribution < 1.29 is 4.43 Å². The maximum absolute atomic E-state index is 6.16. The minimum Gasteiger partial charge on any atom is -0.689 e. The Morgan fingerprint density at radius 1 is 1.12 bits per heavy atom. The van der Waals surface area contributed by atoms with Gasteiger partial charge in [-0.15, -0.1) is 29.7 Å². The average Bonchev–Trinajstić information content (AvgIpc) is 2.16. The molecule has 91 valence electrons. The maximum Gasteiger partial charge on any atom is 0.0722 e. The highest BCUT2D eigenvalue weighted by atomic mass is 35.5. The molecule has 0 aromatic heterocycles. The summed E-state index contributed by atoms with van der Waals surface area (Å²) in [4.78, 5) is 0. The molecule has 16 heavy (non-hydrogen) atoms. The molecule has 0 N–H and O–H groups in total. The molecule has 1 nitrogen and oxygen atoms in total. The van der Waals surface area contributed by atoms with Crippen LogP contribution in [-0.4, -0.2) is 8.32 Å². The van der Waals surface area contributed by atoms with Crippen LogP contribution in [0.1, 0.15) is 26.3 Å². The highest BCUT2D eigenvalue weighted by Gasteiger charge is 2.26. The van der Waals surface area contributed by atoms with E-state index in [0.717, 1.165) is 11.3 Å². The fraction of sp³-hybridized carbons (Fsp3) is 0.538. The molecule has 0 atom stereocenters. The van der Waals surface area contributed by atoms with Gasteiger partial charge in [0.1, 0.15) is 0 Å². The number of rotatable bonds is 3. The lowest BCUT2D eigenvalue weighted by molar-refractivity contribution is 0.492. The fourth-order valence-corrected chi connectivity index (χ4v) is 2.30. The van der Waals surface area contributed by atoms with Crippen LogP contribution in [0.4, 0.5) is 0 Å². The van der Waals surface area contributed by atoms with Crippen LogP contribution in [0.5, 0.6) is 5.75 Å². The van der Waals surface area contributed by atoms with Gasteiger partial charge in [0.05, 0.1) is 5.75 Å². The summed E-state index contributed by atoms with van der Waals surface area (Å²) in [5.74, 6) is 1.51. The highest BCUT2D eigenvalue weighted by molar-refractivity contribution is 6.74. The van der Waals surface area contributed by atoms with Gasteiger partial charge in [0, 0.05) is 14.2 Å². The van der Waals surface area contributed by atoms with E-state index in [2.05, 4.69) is 33.9 Å². The summed E-state index contributed by atoms with van der Waals surface area (Å²) in [6, 6.07) is 8.07. The zero-order valence-electron chi connectivity index (χ0n) is 10.8. The highest BCUT2D eigenvalue weighted by Crippen LogP contribution is 2.37. The lowest BCUT2D eigenvalue weighted by Crippen LogP contribution is -2.43. The first-order valence-corrected chi connectivity index (χ1v) is 9.04. The van der Waals surface area contributed by atoms with E-state index in [1.54, 1.807) is 0 Å². The summed E-state index contributed by atoms with van der Waals surface area (Å²) in [6.07, 6.45) is 0. The van der Waals surface area contributed by atoms with Crippen LogP contribution in [0.3, 0.4) is 0 Å². The minimum absolute atomic E-state index is 0.234. The van der Waals surface area contributed by atoms with Crippen LogP contribution < -0.4 is 4.43 Å². The van der Waals surface area contributed by atoms with Crippen molar-refractivity contribution in [1.29, 1.82) is 0 Å². The van der Waals surface area contributed by atoms with Gasteiger partial charge in [0.15, 0.2) is 0 Å². The third-order valence-electron chi connectivity index (χ3n) is 3.26. The predicted octanol–water partition coefficient (Wildman–Crippen LogP) is 4.81. The molecule has 0 heterocycles. The smallest absolute Gasteiger partial charge is 0.0722 e. The van der Waals surface area contributed by atoms with Gasteiger partial charge in [-0.1, -0.05) is 32.9 Å². The summed E-state index contributed by atoms with van der Waals surface area (Å²) in [5.41, 5.74) is 1.13. The lowest BCUT2D eigenvalue weighted by Gasteiger charge is -2.48. The van der Waals surface area contributed by atoms with Gasteiger partial charge >= 0.3 is 0 Å². The Labute approximate surface area is 105 Å². The Balaban J connectivity index is 2.80. The van der Waals surface area contributed by atoms with Crippen molar-refractivity contribution in [2.75, 3.05) is 0 Å². The molecule has 0 saturated heterocycles. The molecular formula is C13H21ClOSi-. The van der Waals surface area contributed by atoms with Gasteiger partial charge in [-0.2, -0.15) is 0 Å². The number of alkyl halides is 1. The fourth-order valence-electron chi connectivity index (χ4n) is 1.09. The van der Waals surface area contributed by atoms with Crippen LogP contribution in [0.25, 0.3) is 0 Å². The number of hydrogen-bond donors (Lipinski definition) is 0. The maximum atomic E-state index is 6.16. The molecule has 0 bridgehead atoms. The Kier molecular flexibility index (Phi) is 4.08. The van der Waals surface area contributed by atoms with Crippen molar-refractivity contribution in [1.82, 2.24) is 0 Å². The number of benzene rings is 1. The van der Waals surface area contributed by atoms with Crippen molar-refractivity contribution in [2.24, 2.45) is 0 Å². The summed E-state index contributed by atoms with van der Waals surface area (Å²) in [6.45, 7) is 11.2. The molecule has 0 radical (unpaired) electrons. The Bertz CT molecular complexity index is 338. The van der Waals surface area contributed by atoms with E-state index in [9.17, 15) is 0 Å². The number of halogens is 1. The van der Waals surface area contributed by atoms with E-state index < -0.39 is 8.32 Å². The zero-order valence-corrected chi connectivity index (χ0v) is 12.6. The summed E-state index contributed by atoms with van der Waals surface area (Å²) in [5, 5.41) is 0.234. The Hall–Kier alpha value is -0.473. The van der Waals surface area contributed by atoms with Gasteiger partial charge in [0.2, 0.25) is 0 Å².